The fourth-order valence-corrected chi connectivity index (χ4v) is 4.77. The largest absolute Gasteiger partial charge is 0.493 e. The molecule has 1 amide bonds. The van der Waals surface area contributed by atoms with Gasteiger partial charge in [-0.2, -0.15) is 8.42 Å². The number of carbonyl (C=O) groups is 1. The van der Waals surface area contributed by atoms with Crippen molar-refractivity contribution < 1.29 is 31.8 Å². The van der Waals surface area contributed by atoms with Gasteiger partial charge < -0.3 is 14.2 Å². The molecule has 0 spiro atoms. The molecule has 1 fully saturated rings. The lowest BCUT2D eigenvalue weighted by atomic mass is 10.1. The lowest BCUT2D eigenvalue weighted by Gasteiger charge is -2.15. The van der Waals surface area contributed by atoms with Crippen molar-refractivity contribution in [1.82, 2.24) is 14.7 Å². The van der Waals surface area contributed by atoms with Crippen molar-refractivity contribution >= 4 is 15.9 Å². The van der Waals surface area contributed by atoms with Crippen LogP contribution in [-0.4, -0.2) is 50.2 Å². The average molecular weight is 544 g/mol. The molecule has 0 bridgehead atoms. The summed E-state index contributed by atoms with van der Waals surface area (Å²) in [7, 11) is -4.25. The second-order valence-electron chi connectivity index (χ2n) is 9.43. The van der Waals surface area contributed by atoms with E-state index in [9.17, 15) is 17.6 Å². The molecule has 1 N–H and O–H groups in total. The summed E-state index contributed by atoms with van der Waals surface area (Å²) in [6.07, 6.45) is 1.50. The Morgan fingerprint density at radius 2 is 1.97 bits per heavy atom. The molecule has 11 heteroatoms. The normalized spacial score (nSPS) is 15.4. The number of ether oxygens (including phenoxy) is 3. The summed E-state index contributed by atoms with van der Waals surface area (Å²) in [6.45, 7) is 6.76. The summed E-state index contributed by atoms with van der Waals surface area (Å²) in [6, 6.07) is 11.6. The van der Waals surface area contributed by atoms with Crippen LogP contribution in [0.2, 0.25) is 0 Å². The number of halogens is 1. The number of aryl methyl sites for hydroxylation is 1. The van der Waals surface area contributed by atoms with Crippen LogP contribution < -0.4 is 14.2 Å². The predicted molar refractivity (Wildman–Crippen MR) is 138 cm³/mol. The molecule has 1 aliphatic heterocycles. The van der Waals surface area contributed by atoms with Crippen molar-refractivity contribution in [2.24, 2.45) is 5.92 Å². The molecular formula is C27H30FN3O6S. The molecule has 38 heavy (non-hydrogen) atoms. The Balaban J connectivity index is 1.65. The van der Waals surface area contributed by atoms with Crippen LogP contribution in [0.1, 0.15) is 42.7 Å². The molecule has 2 aromatic heterocycles. The molecule has 3 heterocycles. The van der Waals surface area contributed by atoms with Crippen molar-refractivity contribution in [2.75, 3.05) is 19.8 Å². The molecule has 0 aliphatic carbocycles. The molecule has 1 saturated heterocycles. The minimum atomic E-state index is -4.25. The molecule has 202 valence electrons. The highest BCUT2D eigenvalue weighted by atomic mass is 32.2. The number of hydrogen-bond donors (Lipinski definition) is 1. The van der Waals surface area contributed by atoms with Gasteiger partial charge in [-0.05, 0) is 62.1 Å². The van der Waals surface area contributed by atoms with Crippen molar-refractivity contribution in [3.8, 4) is 22.9 Å². The summed E-state index contributed by atoms with van der Waals surface area (Å²) >= 11 is 0. The van der Waals surface area contributed by atoms with E-state index in [2.05, 4.69) is 9.97 Å². The van der Waals surface area contributed by atoms with Crippen molar-refractivity contribution in [1.29, 1.82) is 0 Å². The van der Waals surface area contributed by atoms with Gasteiger partial charge in [0, 0.05) is 23.9 Å². The molecule has 0 saturated carbocycles. The molecule has 1 aromatic carbocycles. The number of sulfonamides is 1. The zero-order valence-electron chi connectivity index (χ0n) is 21.4. The molecule has 3 aromatic rings. The summed E-state index contributed by atoms with van der Waals surface area (Å²) in [5.74, 6) is -0.951. The third kappa shape index (κ3) is 7.05. The monoisotopic (exact) mass is 543 g/mol. The fourth-order valence-electron chi connectivity index (χ4n) is 3.79. The van der Waals surface area contributed by atoms with Gasteiger partial charge in [-0.25, -0.2) is 19.1 Å². The van der Waals surface area contributed by atoms with Gasteiger partial charge in [0.15, 0.2) is 5.03 Å². The van der Waals surface area contributed by atoms with Gasteiger partial charge in [-0.3, -0.25) is 4.79 Å². The maximum atomic E-state index is 14.4. The van der Waals surface area contributed by atoms with Crippen LogP contribution in [-0.2, 0) is 14.8 Å². The van der Waals surface area contributed by atoms with E-state index < -0.39 is 21.7 Å². The topological polar surface area (TPSA) is 117 Å². The SMILES string of the molecule is Cc1cccc(S(=O)(=O)NC(=O)c2ccc(-c3cc(F)cc(OCC(C)C)c3)nc2OCC2CCCO2)n1. The zero-order valence-corrected chi connectivity index (χ0v) is 22.3. The standard InChI is InChI=1S/C27H30FN3O6S/c1-17(2)15-36-22-13-19(12-20(28)14-22)24-10-9-23(27(30-24)37-16-21-7-5-11-35-21)26(32)31-38(33,34)25-8-4-6-18(3)29-25/h4,6,8-10,12-14,17,21H,5,7,11,15-16H2,1-3H3,(H,31,32). The Hall–Kier alpha value is -3.57. The van der Waals surface area contributed by atoms with E-state index in [0.717, 1.165) is 12.8 Å². The first-order valence-corrected chi connectivity index (χ1v) is 13.8. The number of nitrogens with one attached hydrogen (secondary N) is 1. The third-order valence-electron chi connectivity index (χ3n) is 5.65. The van der Waals surface area contributed by atoms with Crippen LogP contribution in [0.4, 0.5) is 4.39 Å². The Labute approximate surface area is 221 Å². The fraction of sp³-hybridized carbons (Fsp3) is 0.370. The first-order valence-electron chi connectivity index (χ1n) is 12.3. The predicted octanol–water partition coefficient (Wildman–Crippen LogP) is 4.30. The number of hydrogen-bond acceptors (Lipinski definition) is 8. The summed E-state index contributed by atoms with van der Waals surface area (Å²) in [4.78, 5) is 21.5. The van der Waals surface area contributed by atoms with E-state index in [1.807, 2.05) is 18.6 Å². The van der Waals surface area contributed by atoms with Gasteiger partial charge in [-0.15, -0.1) is 0 Å². The Morgan fingerprint density at radius 3 is 2.68 bits per heavy atom. The zero-order chi connectivity index (χ0) is 27.3. The van der Waals surface area contributed by atoms with E-state index in [-0.39, 0.29) is 35.1 Å². The number of carbonyl (C=O) groups excluding carboxylic acids is 1. The maximum absolute atomic E-state index is 14.4. The van der Waals surface area contributed by atoms with Crippen LogP contribution >= 0.6 is 0 Å². The number of benzene rings is 1. The molecule has 0 radical (unpaired) electrons. The van der Waals surface area contributed by atoms with Crippen LogP contribution in [0.25, 0.3) is 11.3 Å². The first kappa shape index (κ1) is 27.5. The minimum Gasteiger partial charge on any atom is -0.493 e. The number of nitrogens with zero attached hydrogens (tertiary/aromatic N) is 2. The van der Waals surface area contributed by atoms with Crippen LogP contribution in [0, 0.1) is 18.7 Å². The molecule has 1 aliphatic rings. The molecular weight excluding hydrogens is 513 g/mol. The van der Waals surface area contributed by atoms with Gasteiger partial charge in [-0.1, -0.05) is 19.9 Å². The number of aromatic nitrogens is 2. The lowest BCUT2D eigenvalue weighted by molar-refractivity contribution is 0.0655. The van der Waals surface area contributed by atoms with Gasteiger partial charge in [0.25, 0.3) is 15.9 Å². The van der Waals surface area contributed by atoms with Crippen LogP contribution in [0.5, 0.6) is 11.6 Å². The Kier molecular flexibility index (Phi) is 8.58. The number of amides is 1. The third-order valence-corrected chi connectivity index (χ3v) is 6.88. The van der Waals surface area contributed by atoms with Gasteiger partial charge in [0.1, 0.15) is 23.7 Å². The van der Waals surface area contributed by atoms with Gasteiger partial charge in [0.2, 0.25) is 5.88 Å². The van der Waals surface area contributed by atoms with E-state index >= 15 is 0 Å². The summed E-state index contributed by atoms with van der Waals surface area (Å²) < 4.78 is 59.1. The van der Waals surface area contributed by atoms with Crippen molar-refractivity contribution in [3.63, 3.8) is 0 Å². The average Bonchev–Trinajstić information content (AvgIpc) is 3.39. The number of pyridine rings is 2. The van der Waals surface area contributed by atoms with Crippen LogP contribution in [0.15, 0.2) is 53.6 Å². The molecule has 1 unspecified atom stereocenters. The maximum Gasteiger partial charge on any atom is 0.281 e. The van der Waals surface area contributed by atoms with E-state index in [0.29, 0.717) is 35.9 Å². The van der Waals surface area contributed by atoms with Crippen molar-refractivity contribution in [3.05, 3.63) is 65.6 Å². The minimum absolute atomic E-state index is 0.100. The highest BCUT2D eigenvalue weighted by molar-refractivity contribution is 7.90. The highest BCUT2D eigenvalue weighted by Crippen LogP contribution is 2.28. The van der Waals surface area contributed by atoms with E-state index in [1.165, 1.54) is 36.4 Å². The molecule has 1 atom stereocenters. The van der Waals surface area contributed by atoms with Gasteiger partial charge in [0.05, 0.1) is 18.4 Å². The smallest absolute Gasteiger partial charge is 0.281 e. The summed E-state index contributed by atoms with van der Waals surface area (Å²) in [5.41, 5.74) is 1.12. The second kappa shape index (κ2) is 11.9. The highest BCUT2D eigenvalue weighted by Gasteiger charge is 2.25. The van der Waals surface area contributed by atoms with Crippen molar-refractivity contribution in [2.45, 2.75) is 44.7 Å². The van der Waals surface area contributed by atoms with E-state index in [1.54, 1.807) is 19.1 Å². The van der Waals surface area contributed by atoms with E-state index in [4.69, 9.17) is 14.2 Å². The van der Waals surface area contributed by atoms with Gasteiger partial charge >= 0.3 is 0 Å². The number of rotatable bonds is 10. The second-order valence-corrected chi connectivity index (χ2v) is 11.1. The van der Waals surface area contributed by atoms with Crippen LogP contribution in [0.3, 0.4) is 0 Å². The quantitative estimate of drug-likeness (QED) is 0.402. The molecule has 4 rings (SSSR count). The Morgan fingerprint density at radius 1 is 1.16 bits per heavy atom. The lowest BCUT2D eigenvalue weighted by Crippen LogP contribution is -2.32. The first-order chi connectivity index (χ1) is 18.1. The summed E-state index contributed by atoms with van der Waals surface area (Å²) in [5, 5.41) is -0.286. The Bertz CT molecular complexity index is 1410. The molecule has 9 nitrogen and oxygen atoms in total.